The Morgan fingerprint density at radius 1 is 1.15 bits per heavy atom. The molecule has 0 aromatic heterocycles. The van der Waals surface area contributed by atoms with Gasteiger partial charge in [0.15, 0.2) is 0 Å². The highest BCUT2D eigenvalue weighted by atomic mass is 16.1. The van der Waals surface area contributed by atoms with Crippen LogP contribution in [0.2, 0.25) is 0 Å². The van der Waals surface area contributed by atoms with E-state index in [0.717, 1.165) is 25.3 Å². The standard InChI is InChI=1S/C16H25N3O/c17-14-7-6-8-15(13-14)18-16(20)9-12-19-10-4-2-1-3-5-11-19/h6-8,13H,1-5,9-12,17H2,(H,18,20). The number of benzene rings is 1. The molecule has 4 heteroatoms. The largest absolute Gasteiger partial charge is 0.399 e. The maximum Gasteiger partial charge on any atom is 0.225 e. The summed E-state index contributed by atoms with van der Waals surface area (Å²) in [7, 11) is 0. The van der Waals surface area contributed by atoms with Gasteiger partial charge in [0.05, 0.1) is 0 Å². The first-order valence-corrected chi connectivity index (χ1v) is 7.62. The number of nitrogens with two attached hydrogens (primary N) is 1. The highest BCUT2D eigenvalue weighted by Crippen LogP contribution is 2.13. The molecule has 2 rings (SSSR count). The number of rotatable bonds is 4. The van der Waals surface area contributed by atoms with Crippen LogP contribution in [0.4, 0.5) is 11.4 Å². The Labute approximate surface area is 121 Å². The quantitative estimate of drug-likeness (QED) is 0.831. The molecule has 1 amide bonds. The minimum absolute atomic E-state index is 0.0673. The van der Waals surface area contributed by atoms with Gasteiger partial charge in [0.2, 0.25) is 5.91 Å². The molecule has 1 aromatic carbocycles. The fraction of sp³-hybridized carbons (Fsp3) is 0.562. The van der Waals surface area contributed by atoms with E-state index in [1.165, 1.54) is 32.1 Å². The Morgan fingerprint density at radius 2 is 1.85 bits per heavy atom. The molecule has 0 saturated carbocycles. The molecule has 0 unspecified atom stereocenters. The topological polar surface area (TPSA) is 58.4 Å². The SMILES string of the molecule is Nc1cccc(NC(=O)CCN2CCCCCCC2)c1. The second-order valence-corrected chi connectivity index (χ2v) is 5.53. The maximum atomic E-state index is 11.9. The van der Waals surface area contributed by atoms with Gasteiger partial charge in [-0.2, -0.15) is 0 Å². The van der Waals surface area contributed by atoms with Gasteiger partial charge in [-0.05, 0) is 44.1 Å². The third-order valence-corrected chi connectivity index (χ3v) is 3.77. The van der Waals surface area contributed by atoms with Crippen molar-refractivity contribution in [3.63, 3.8) is 0 Å². The zero-order valence-electron chi connectivity index (χ0n) is 12.1. The summed E-state index contributed by atoms with van der Waals surface area (Å²) in [6.07, 6.45) is 7.09. The second kappa shape index (κ2) is 7.90. The van der Waals surface area contributed by atoms with Gasteiger partial charge < -0.3 is 16.0 Å². The summed E-state index contributed by atoms with van der Waals surface area (Å²) < 4.78 is 0. The molecule has 3 N–H and O–H groups in total. The van der Waals surface area contributed by atoms with Crippen LogP contribution in [0.15, 0.2) is 24.3 Å². The van der Waals surface area contributed by atoms with E-state index >= 15 is 0 Å². The third kappa shape index (κ3) is 5.21. The molecule has 20 heavy (non-hydrogen) atoms. The lowest BCUT2D eigenvalue weighted by atomic mass is 10.1. The van der Waals surface area contributed by atoms with Crippen LogP contribution in [0, 0.1) is 0 Å². The minimum atomic E-state index is 0.0673. The normalized spacial score (nSPS) is 17.2. The van der Waals surface area contributed by atoms with Crippen LogP contribution in [-0.2, 0) is 4.79 Å². The van der Waals surface area contributed by atoms with Crippen LogP contribution >= 0.6 is 0 Å². The summed E-state index contributed by atoms with van der Waals surface area (Å²) in [6.45, 7) is 3.12. The molecule has 0 atom stereocenters. The van der Waals surface area contributed by atoms with Gasteiger partial charge in [-0.1, -0.05) is 25.3 Å². The van der Waals surface area contributed by atoms with E-state index in [9.17, 15) is 4.79 Å². The van der Waals surface area contributed by atoms with Crippen molar-refractivity contribution in [1.82, 2.24) is 4.90 Å². The highest BCUT2D eigenvalue weighted by molar-refractivity contribution is 5.91. The number of hydrogen-bond donors (Lipinski definition) is 2. The molecule has 1 heterocycles. The lowest BCUT2D eigenvalue weighted by Gasteiger charge is -2.24. The fourth-order valence-electron chi connectivity index (χ4n) is 2.64. The van der Waals surface area contributed by atoms with Gasteiger partial charge in [0.25, 0.3) is 0 Å². The first-order valence-electron chi connectivity index (χ1n) is 7.62. The lowest BCUT2D eigenvalue weighted by molar-refractivity contribution is -0.116. The summed E-state index contributed by atoms with van der Waals surface area (Å²) in [5.41, 5.74) is 7.15. The molecule has 1 saturated heterocycles. The first-order chi connectivity index (χ1) is 9.74. The number of carbonyl (C=O) groups is 1. The predicted octanol–water partition coefficient (Wildman–Crippen LogP) is 2.86. The number of anilines is 2. The summed E-state index contributed by atoms with van der Waals surface area (Å²) in [4.78, 5) is 14.4. The smallest absolute Gasteiger partial charge is 0.225 e. The van der Waals surface area contributed by atoms with Gasteiger partial charge in [0.1, 0.15) is 0 Å². The average Bonchev–Trinajstić information content (AvgIpc) is 2.37. The average molecular weight is 275 g/mol. The van der Waals surface area contributed by atoms with Gasteiger partial charge in [0, 0.05) is 24.3 Å². The Morgan fingerprint density at radius 3 is 2.55 bits per heavy atom. The van der Waals surface area contributed by atoms with E-state index in [4.69, 9.17) is 5.73 Å². The zero-order chi connectivity index (χ0) is 14.2. The molecule has 110 valence electrons. The number of likely N-dealkylation sites (tertiary alicyclic amines) is 1. The highest BCUT2D eigenvalue weighted by Gasteiger charge is 2.10. The number of nitrogen functional groups attached to an aromatic ring is 1. The molecule has 1 aliphatic rings. The van der Waals surface area contributed by atoms with Crippen molar-refractivity contribution in [3.8, 4) is 0 Å². The summed E-state index contributed by atoms with van der Waals surface area (Å²) >= 11 is 0. The van der Waals surface area contributed by atoms with E-state index in [0.29, 0.717) is 12.1 Å². The fourth-order valence-corrected chi connectivity index (χ4v) is 2.64. The number of carbonyl (C=O) groups excluding carboxylic acids is 1. The van der Waals surface area contributed by atoms with E-state index in [1.807, 2.05) is 18.2 Å². The van der Waals surface area contributed by atoms with Crippen LogP contribution < -0.4 is 11.1 Å². The summed E-state index contributed by atoms with van der Waals surface area (Å²) in [5.74, 6) is 0.0673. The number of amides is 1. The molecular weight excluding hydrogens is 250 g/mol. The monoisotopic (exact) mass is 275 g/mol. The molecule has 1 fully saturated rings. The van der Waals surface area contributed by atoms with Crippen molar-refractivity contribution in [2.45, 2.75) is 38.5 Å². The zero-order valence-corrected chi connectivity index (χ0v) is 12.1. The Kier molecular flexibility index (Phi) is 5.87. The van der Waals surface area contributed by atoms with Crippen LogP contribution in [0.25, 0.3) is 0 Å². The maximum absolute atomic E-state index is 11.9. The molecule has 1 aromatic rings. The van der Waals surface area contributed by atoms with Gasteiger partial charge >= 0.3 is 0 Å². The van der Waals surface area contributed by atoms with Crippen LogP contribution in [-0.4, -0.2) is 30.4 Å². The number of nitrogens with one attached hydrogen (secondary N) is 1. The Bertz CT molecular complexity index is 425. The molecule has 4 nitrogen and oxygen atoms in total. The van der Waals surface area contributed by atoms with E-state index < -0.39 is 0 Å². The van der Waals surface area contributed by atoms with Gasteiger partial charge in [-0.25, -0.2) is 0 Å². The third-order valence-electron chi connectivity index (χ3n) is 3.77. The Hall–Kier alpha value is -1.55. The number of hydrogen-bond acceptors (Lipinski definition) is 3. The van der Waals surface area contributed by atoms with E-state index in [2.05, 4.69) is 10.2 Å². The van der Waals surface area contributed by atoms with E-state index in [-0.39, 0.29) is 5.91 Å². The van der Waals surface area contributed by atoms with E-state index in [1.54, 1.807) is 6.07 Å². The van der Waals surface area contributed by atoms with Crippen molar-refractivity contribution in [1.29, 1.82) is 0 Å². The van der Waals surface area contributed by atoms with Crippen molar-refractivity contribution in [2.24, 2.45) is 0 Å². The van der Waals surface area contributed by atoms with Gasteiger partial charge in [-0.15, -0.1) is 0 Å². The van der Waals surface area contributed by atoms with Crippen LogP contribution in [0.3, 0.4) is 0 Å². The van der Waals surface area contributed by atoms with Crippen molar-refractivity contribution < 1.29 is 4.79 Å². The summed E-state index contributed by atoms with van der Waals surface area (Å²) in [6, 6.07) is 7.32. The van der Waals surface area contributed by atoms with Gasteiger partial charge in [-0.3, -0.25) is 4.79 Å². The molecule has 0 radical (unpaired) electrons. The van der Waals surface area contributed by atoms with Crippen molar-refractivity contribution in [3.05, 3.63) is 24.3 Å². The summed E-state index contributed by atoms with van der Waals surface area (Å²) in [5, 5.41) is 2.90. The molecule has 1 aliphatic heterocycles. The van der Waals surface area contributed by atoms with Crippen LogP contribution in [0.5, 0.6) is 0 Å². The molecule has 0 bridgehead atoms. The Balaban J connectivity index is 1.73. The number of nitrogens with zero attached hydrogens (tertiary/aromatic N) is 1. The lowest BCUT2D eigenvalue weighted by Crippen LogP contribution is -2.30. The first kappa shape index (κ1) is 14.9. The van der Waals surface area contributed by atoms with Crippen LogP contribution in [0.1, 0.15) is 38.5 Å². The minimum Gasteiger partial charge on any atom is -0.399 e. The molecule has 0 spiro atoms. The molecular formula is C16H25N3O. The molecule has 0 aliphatic carbocycles. The van der Waals surface area contributed by atoms with Crippen molar-refractivity contribution in [2.75, 3.05) is 30.7 Å². The second-order valence-electron chi connectivity index (χ2n) is 5.53. The van der Waals surface area contributed by atoms with Crippen molar-refractivity contribution >= 4 is 17.3 Å². The predicted molar refractivity (Wildman–Crippen MR) is 83.6 cm³/mol.